The van der Waals surface area contributed by atoms with Gasteiger partial charge in [-0.1, -0.05) is 11.6 Å². The highest BCUT2D eigenvalue weighted by atomic mass is 79.9. The van der Waals surface area contributed by atoms with Gasteiger partial charge >= 0.3 is 0 Å². The lowest BCUT2D eigenvalue weighted by atomic mass is 9.98. The highest BCUT2D eigenvalue weighted by Gasteiger charge is 2.22. The zero-order chi connectivity index (χ0) is 14.1. The van der Waals surface area contributed by atoms with Gasteiger partial charge in [0.05, 0.1) is 12.9 Å². The Balaban J connectivity index is 1.92. The molecule has 0 amide bonds. The smallest absolute Gasteiger partial charge is 0.173 e. The molecule has 1 aliphatic rings. The highest BCUT2D eigenvalue weighted by molar-refractivity contribution is 9.10. The molecule has 1 unspecified atom stereocenters. The molecule has 0 spiro atoms. The second kappa shape index (κ2) is 5.80. The minimum absolute atomic E-state index is 0.148. The molecule has 0 saturated carbocycles. The van der Waals surface area contributed by atoms with Gasteiger partial charge in [0, 0.05) is 23.0 Å². The van der Waals surface area contributed by atoms with Crippen molar-refractivity contribution in [3.05, 3.63) is 50.8 Å². The van der Waals surface area contributed by atoms with Gasteiger partial charge in [-0.15, -0.1) is 0 Å². The van der Waals surface area contributed by atoms with Crippen molar-refractivity contribution in [3.63, 3.8) is 0 Å². The topological polar surface area (TPSA) is 34.4 Å². The molecule has 5 heteroatoms. The van der Waals surface area contributed by atoms with Crippen LogP contribution in [0.4, 0.5) is 0 Å². The third-order valence-electron chi connectivity index (χ3n) is 3.62. The van der Waals surface area contributed by atoms with Crippen LogP contribution in [0.25, 0.3) is 0 Å². The molecule has 1 aromatic heterocycles. The summed E-state index contributed by atoms with van der Waals surface area (Å²) in [5.74, 6) is 0.995. The molecule has 0 bridgehead atoms. The molecule has 1 aliphatic heterocycles. The Kier molecular flexibility index (Phi) is 4.06. The van der Waals surface area contributed by atoms with Crippen molar-refractivity contribution in [3.8, 4) is 5.75 Å². The number of furan rings is 1. The summed E-state index contributed by atoms with van der Waals surface area (Å²) in [4.78, 5) is 0. The molecule has 0 saturated heterocycles. The van der Waals surface area contributed by atoms with Crippen LogP contribution < -0.4 is 10.1 Å². The van der Waals surface area contributed by atoms with Crippen LogP contribution in [0, 0.1) is 0 Å². The molecular formula is C15H15BrClNO2. The van der Waals surface area contributed by atoms with Gasteiger partial charge in [0.1, 0.15) is 5.75 Å². The summed E-state index contributed by atoms with van der Waals surface area (Å²) >= 11 is 9.64. The minimum atomic E-state index is 0.148. The zero-order valence-electron chi connectivity index (χ0n) is 11.1. The lowest BCUT2D eigenvalue weighted by Crippen LogP contribution is -2.19. The van der Waals surface area contributed by atoms with E-state index < -0.39 is 0 Å². The van der Waals surface area contributed by atoms with E-state index in [-0.39, 0.29) is 6.04 Å². The molecule has 0 fully saturated rings. The van der Waals surface area contributed by atoms with Crippen molar-refractivity contribution >= 4 is 27.5 Å². The summed E-state index contributed by atoms with van der Waals surface area (Å²) in [6.45, 7) is 0.738. The second-order valence-electron chi connectivity index (χ2n) is 4.85. The first-order valence-electron chi connectivity index (χ1n) is 6.53. The Morgan fingerprint density at radius 1 is 1.45 bits per heavy atom. The number of benzene rings is 1. The predicted molar refractivity (Wildman–Crippen MR) is 82.6 cm³/mol. The number of halogens is 2. The summed E-state index contributed by atoms with van der Waals surface area (Å²) in [7, 11) is 1.94. The Hall–Kier alpha value is -0.970. The number of nitrogens with one attached hydrogen (secondary N) is 1. The fourth-order valence-corrected chi connectivity index (χ4v) is 3.42. The van der Waals surface area contributed by atoms with E-state index in [2.05, 4.69) is 21.2 Å². The van der Waals surface area contributed by atoms with Gasteiger partial charge in [-0.25, -0.2) is 0 Å². The number of likely N-dealkylation sites (N-methyl/N-ethyl adjacent to an activating group) is 1. The zero-order valence-corrected chi connectivity index (χ0v) is 13.4. The first kappa shape index (κ1) is 14.0. The number of rotatable bonds is 4. The van der Waals surface area contributed by atoms with E-state index >= 15 is 0 Å². The van der Waals surface area contributed by atoms with Crippen LogP contribution in [0.3, 0.4) is 0 Å². The molecule has 106 valence electrons. The quantitative estimate of drug-likeness (QED) is 0.894. The Morgan fingerprint density at radius 2 is 2.30 bits per heavy atom. The van der Waals surface area contributed by atoms with Crippen molar-refractivity contribution < 1.29 is 9.15 Å². The third-order valence-corrected chi connectivity index (χ3v) is 4.48. The van der Waals surface area contributed by atoms with E-state index in [0.29, 0.717) is 0 Å². The summed E-state index contributed by atoms with van der Waals surface area (Å²) in [5.41, 5.74) is 3.44. The van der Waals surface area contributed by atoms with Crippen LogP contribution >= 0.6 is 27.5 Å². The third kappa shape index (κ3) is 2.60. The maximum Gasteiger partial charge on any atom is 0.173 e. The normalized spacial score (nSPS) is 14.9. The number of fused-ring (bicyclic) bond motifs is 1. The molecule has 2 heterocycles. The lowest BCUT2D eigenvalue weighted by molar-refractivity contribution is 0.352. The predicted octanol–water partition coefficient (Wildman–Crippen LogP) is 4.13. The van der Waals surface area contributed by atoms with Gasteiger partial charge in [-0.3, -0.25) is 0 Å². The number of ether oxygens (including phenoxy) is 1. The van der Waals surface area contributed by atoms with Crippen molar-refractivity contribution in [2.45, 2.75) is 18.9 Å². The van der Waals surface area contributed by atoms with Gasteiger partial charge in [-0.05, 0) is 58.7 Å². The summed E-state index contributed by atoms with van der Waals surface area (Å²) in [5, 5.41) is 4.08. The summed E-state index contributed by atoms with van der Waals surface area (Å²) in [6.07, 6.45) is 3.42. The fourth-order valence-electron chi connectivity index (χ4n) is 2.64. The van der Waals surface area contributed by atoms with Crippen molar-refractivity contribution in [1.29, 1.82) is 0 Å². The fraction of sp³-hybridized carbons (Fsp3) is 0.333. The molecule has 2 aromatic rings. The molecule has 20 heavy (non-hydrogen) atoms. The van der Waals surface area contributed by atoms with E-state index in [1.54, 1.807) is 6.26 Å². The molecule has 1 N–H and O–H groups in total. The van der Waals surface area contributed by atoms with Crippen LogP contribution in [-0.2, 0) is 12.8 Å². The molecule has 0 radical (unpaired) electrons. The van der Waals surface area contributed by atoms with E-state index in [4.69, 9.17) is 20.8 Å². The van der Waals surface area contributed by atoms with Gasteiger partial charge in [0.2, 0.25) is 0 Å². The first-order chi connectivity index (χ1) is 9.69. The molecule has 3 rings (SSSR count). The van der Waals surface area contributed by atoms with Crippen LogP contribution in [0.2, 0.25) is 5.02 Å². The van der Waals surface area contributed by atoms with Gasteiger partial charge in [0.25, 0.3) is 0 Å². The number of hydrogen-bond donors (Lipinski definition) is 1. The van der Waals surface area contributed by atoms with E-state index in [9.17, 15) is 0 Å². The summed E-state index contributed by atoms with van der Waals surface area (Å²) < 4.78 is 11.8. The second-order valence-corrected chi connectivity index (χ2v) is 6.00. The molecular weight excluding hydrogens is 342 g/mol. The molecule has 1 aromatic carbocycles. The van der Waals surface area contributed by atoms with E-state index in [0.717, 1.165) is 46.0 Å². The van der Waals surface area contributed by atoms with E-state index in [1.165, 1.54) is 5.56 Å². The molecule has 0 aliphatic carbocycles. The lowest BCUT2D eigenvalue weighted by Gasteiger charge is -2.17. The Labute approximate surface area is 131 Å². The maximum absolute atomic E-state index is 6.21. The van der Waals surface area contributed by atoms with Gasteiger partial charge < -0.3 is 14.5 Å². The Bertz CT molecular complexity index is 626. The average molecular weight is 357 g/mol. The average Bonchev–Trinajstić information content (AvgIpc) is 3.04. The minimum Gasteiger partial charge on any atom is -0.493 e. The van der Waals surface area contributed by atoms with Gasteiger partial charge in [-0.2, -0.15) is 0 Å². The monoisotopic (exact) mass is 355 g/mol. The largest absolute Gasteiger partial charge is 0.493 e. The molecule has 3 nitrogen and oxygen atoms in total. The highest BCUT2D eigenvalue weighted by Crippen LogP contribution is 2.36. The van der Waals surface area contributed by atoms with Crippen molar-refractivity contribution in [1.82, 2.24) is 5.32 Å². The SMILES string of the molecule is CNC(Cc1cc(Cl)cc2c1OCC2)c1ccoc1Br. The standard InChI is InChI=1S/C15H15BrClNO2/c1-18-13(12-3-5-20-15(12)16)8-10-7-11(17)6-9-2-4-19-14(9)10/h3,5-7,13,18H,2,4,8H2,1H3. The van der Waals surface area contributed by atoms with Crippen LogP contribution in [0.15, 0.2) is 33.5 Å². The van der Waals surface area contributed by atoms with Crippen LogP contribution in [0.5, 0.6) is 5.75 Å². The van der Waals surface area contributed by atoms with Crippen LogP contribution in [0.1, 0.15) is 22.7 Å². The number of hydrogen-bond acceptors (Lipinski definition) is 3. The maximum atomic E-state index is 6.21. The first-order valence-corrected chi connectivity index (χ1v) is 7.70. The summed E-state index contributed by atoms with van der Waals surface area (Å²) in [6, 6.07) is 6.10. The molecule has 1 atom stereocenters. The van der Waals surface area contributed by atoms with Crippen LogP contribution in [-0.4, -0.2) is 13.7 Å². The Morgan fingerprint density at radius 3 is 3.00 bits per heavy atom. The van der Waals surface area contributed by atoms with Gasteiger partial charge in [0.15, 0.2) is 4.67 Å². The van der Waals surface area contributed by atoms with Crippen molar-refractivity contribution in [2.24, 2.45) is 0 Å². The van der Waals surface area contributed by atoms with E-state index in [1.807, 2.05) is 25.2 Å². The van der Waals surface area contributed by atoms with Crippen molar-refractivity contribution in [2.75, 3.05) is 13.7 Å².